The summed E-state index contributed by atoms with van der Waals surface area (Å²) in [6.45, 7) is 6.56. The Morgan fingerprint density at radius 1 is 1.45 bits per heavy atom. The van der Waals surface area contributed by atoms with Crippen LogP contribution in [0.15, 0.2) is 22.7 Å². The van der Waals surface area contributed by atoms with E-state index in [9.17, 15) is 0 Å². The third-order valence-electron chi connectivity index (χ3n) is 4.41. The number of imidazole rings is 1. The molecule has 1 aliphatic heterocycles. The Bertz CT molecular complexity index is 607. The molecule has 3 heterocycles. The Morgan fingerprint density at radius 2 is 2.32 bits per heavy atom. The lowest BCUT2D eigenvalue weighted by Gasteiger charge is -2.35. The van der Waals surface area contributed by atoms with Crippen LogP contribution in [0.5, 0.6) is 0 Å². The van der Waals surface area contributed by atoms with Crippen LogP contribution >= 0.6 is 11.8 Å². The van der Waals surface area contributed by atoms with Gasteiger partial charge in [-0.15, -0.1) is 0 Å². The topological polar surface area (TPSA) is 45.1 Å². The molecule has 2 aromatic heterocycles. The number of nitrogens with zero attached hydrogens (tertiary/aromatic N) is 2. The highest BCUT2D eigenvalue weighted by Crippen LogP contribution is 2.31. The van der Waals surface area contributed by atoms with E-state index in [1.165, 1.54) is 25.8 Å². The zero-order valence-electron chi connectivity index (χ0n) is 13.6. The lowest BCUT2D eigenvalue weighted by molar-refractivity contribution is 0.145. The molecular formula is C17H25N3OS. The number of hydrogen-bond donors (Lipinski definition) is 1. The zero-order chi connectivity index (χ0) is 15.5. The lowest BCUT2D eigenvalue weighted by Crippen LogP contribution is -2.37. The number of aryl methyl sites for hydroxylation is 1. The summed E-state index contributed by atoms with van der Waals surface area (Å²) in [5.41, 5.74) is 0.909. The van der Waals surface area contributed by atoms with Gasteiger partial charge in [0.2, 0.25) is 0 Å². The Morgan fingerprint density at radius 3 is 3.05 bits per heavy atom. The number of likely N-dealkylation sites (tertiary alicyclic amines) is 1. The van der Waals surface area contributed by atoms with Crippen LogP contribution in [0.3, 0.4) is 0 Å². The average molecular weight is 319 g/mol. The SMILES string of the molecule is CSC(C)CN1CCCCC1c1nc(-c2ccc(C)o2)c[nH]1. The molecule has 5 heteroatoms. The van der Waals surface area contributed by atoms with Crippen LogP contribution in [-0.4, -0.2) is 39.5 Å². The maximum absolute atomic E-state index is 5.68. The smallest absolute Gasteiger partial charge is 0.154 e. The molecule has 4 nitrogen and oxygen atoms in total. The van der Waals surface area contributed by atoms with Gasteiger partial charge in [-0.25, -0.2) is 4.98 Å². The fraction of sp³-hybridized carbons (Fsp3) is 0.588. The number of nitrogens with one attached hydrogen (secondary N) is 1. The number of thioether (sulfide) groups is 1. The quantitative estimate of drug-likeness (QED) is 0.894. The molecular weight excluding hydrogens is 294 g/mol. The standard InChI is InChI=1S/C17H25N3OS/c1-12-7-8-16(21-12)14-10-18-17(19-14)15-6-4-5-9-20(15)11-13(2)22-3/h7-8,10,13,15H,4-6,9,11H2,1-3H3,(H,18,19). The Kier molecular flexibility index (Phi) is 4.93. The van der Waals surface area contributed by atoms with Crippen LogP contribution in [-0.2, 0) is 0 Å². The number of furan rings is 1. The molecule has 1 fully saturated rings. The fourth-order valence-electron chi connectivity index (χ4n) is 3.13. The van der Waals surface area contributed by atoms with Crippen molar-refractivity contribution in [2.45, 2.75) is 44.4 Å². The predicted octanol–water partition coefficient (Wildman–Crippen LogP) is 4.26. The molecule has 0 spiro atoms. The zero-order valence-corrected chi connectivity index (χ0v) is 14.4. The highest BCUT2D eigenvalue weighted by atomic mass is 32.2. The van der Waals surface area contributed by atoms with Gasteiger partial charge in [0.15, 0.2) is 5.76 Å². The van der Waals surface area contributed by atoms with Crippen molar-refractivity contribution in [3.05, 3.63) is 29.9 Å². The van der Waals surface area contributed by atoms with E-state index in [0.717, 1.165) is 29.6 Å². The fourth-order valence-corrected chi connectivity index (χ4v) is 3.47. The molecule has 1 saturated heterocycles. The van der Waals surface area contributed by atoms with Gasteiger partial charge in [0.05, 0.1) is 6.04 Å². The van der Waals surface area contributed by atoms with Gasteiger partial charge in [0.1, 0.15) is 17.3 Å². The highest BCUT2D eigenvalue weighted by molar-refractivity contribution is 7.99. The van der Waals surface area contributed by atoms with E-state index in [1.54, 1.807) is 0 Å². The van der Waals surface area contributed by atoms with Crippen molar-refractivity contribution in [3.8, 4) is 11.5 Å². The van der Waals surface area contributed by atoms with Crippen LogP contribution in [0.4, 0.5) is 0 Å². The molecule has 22 heavy (non-hydrogen) atoms. The Labute approximate surface area is 136 Å². The first-order valence-corrected chi connectivity index (χ1v) is 9.35. The largest absolute Gasteiger partial charge is 0.460 e. The number of aromatic amines is 1. The van der Waals surface area contributed by atoms with Crippen LogP contribution in [0.2, 0.25) is 0 Å². The molecule has 2 atom stereocenters. The molecule has 0 aromatic carbocycles. The minimum absolute atomic E-state index is 0.410. The van der Waals surface area contributed by atoms with Crippen LogP contribution in [0, 0.1) is 6.92 Å². The first-order chi connectivity index (χ1) is 10.7. The Balaban J connectivity index is 1.77. The van der Waals surface area contributed by atoms with E-state index in [2.05, 4.69) is 23.1 Å². The minimum atomic E-state index is 0.410. The van der Waals surface area contributed by atoms with E-state index in [1.807, 2.05) is 37.0 Å². The van der Waals surface area contributed by atoms with E-state index >= 15 is 0 Å². The molecule has 3 rings (SSSR count). The molecule has 0 amide bonds. The number of H-pyrrole nitrogens is 1. The van der Waals surface area contributed by atoms with E-state index in [0.29, 0.717) is 11.3 Å². The summed E-state index contributed by atoms with van der Waals surface area (Å²) in [4.78, 5) is 10.8. The number of piperidine rings is 1. The number of aromatic nitrogens is 2. The maximum atomic E-state index is 5.68. The van der Waals surface area contributed by atoms with Crippen LogP contribution in [0.25, 0.3) is 11.5 Å². The van der Waals surface area contributed by atoms with Crippen molar-refractivity contribution in [2.24, 2.45) is 0 Å². The van der Waals surface area contributed by atoms with Crippen molar-refractivity contribution in [1.82, 2.24) is 14.9 Å². The Hall–Kier alpha value is -1.20. The maximum Gasteiger partial charge on any atom is 0.154 e. The summed E-state index contributed by atoms with van der Waals surface area (Å²) in [7, 11) is 0. The van der Waals surface area contributed by atoms with Gasteiger partial charge < -0.3 is 9.40 Å². The first-order valence-electron chi connectivity index (χ1n) is 8.06. The summed E-state index contributed by atoms with van der Waals surface area (Å²) in [5, 5.41) is 0.655. The second-order valence-electron chi connectivity index (χ2n) is 6.13. The van der Waals surface area contributed by atoms with E-state index in [4.69, 9.17) is 9.40 Å². The van der Waals surface area contributed by atoms with Gasteiger partial charge in [0.25, 0.3) is 0 Å². The van der Waals surface area contributed by atoms with Crippen molar-refractivity contribution >= 4 is 11.8 Å². The van der Waals surface area contributed by atoms with Gasteiger partial charge >= 0.3 is 0 Å². The van der Waals surface area contributed by atoms with Gasteiger partial charge in [-0.1, -0.05) is 13.3 Å². The molecule has 0 radical (unpaired) electrons. The molecule has 0 saturated carbocycles. The molecule has 120 valence electrons. The van der Waals surface area contributed by atoms with Gasteiger partial charge in [0, 0.05) is 18.0 Å². The second kappa shape index (κ2) is 6.92. The van der Waals surface area contributed by atoms with Crippen LogP contribution in [0.1, 0.15) is 43.8 Å². The number of hydrogen-bond acceptors (Lipinski definition) is 4. The average Bonchev–Trinajstić information content (AvgIpc) is 3.16. The molecule has 0 aliphatic carbocycles. The van der Waals surface area contributed by atoms with E-state index in [-0.39, 0.29) is 0 Å². The normalized spacial score (nSPS) is 21.1. The van der Waals surface area contributed by atoms with Crippen molar-refractivity contribution in [2.75, 3.05) is 19.3 Å². The minimum Gasteiger partial charge on any atom is -0.460 e. The first kappa shape index (κ1) is 15.7. The van der Waals surface area contributed by atoms with Crippen molar-refractivity contribution in [1.29, 1.82) is 0 Å². The van der Waals surface area contributed by atoms with Crippen molar-refractivity contribution < 1.29 is 4.42 Å². The molecule has 2 unspecified atom stereocenters. The van der Waals surface area contributed by atoms with E-state index < -0.39 is 0 Å². The third kappa shape index (κ3) is 3.41. The lowest BCUT2D eigenvalue weighted by atomic mass is 10.0. The summed E-state index contributed by atoms with van der Waals surface area (Å²) in [6.07, 6.45) is 7.92. The van der Waals surface area contributed by atoms with Gasteiger partial charge in [-0.05, 0) is 44.7 Å². The summed E-state index contributed by atoms with van der Waals surface area (Å²) in [5.74, 6) is 2.85. The summed E-state index contributed by atoms with van der Waals surface area (Å²) in [6, 6.07) is 4.38. The number of rotatable bonds is 5. The van der Waals surface area contributed by atoms with Crippen molar-refractivity contribution in [3.63, 3.8) is 0 Å². The highest BCUT2D eigenvalue weighted by Gasteiger charge is 2.27. The van der Waals surface area contributed by atoms with Crippen LogP contribution < -0.4 is 0 Å². The second-order valence-corrected chi connectivity index (χ2v) is 7.41. The molecule has 1 N–H and O–H groups in total. The molecule has 1 aliphatic rings. The van der Waals surface area contributed by atoms with Gasteiger partial charge in [-0.3, -0.25) is 4.90 Å². The predicted molar refractivity (Wildman–Crippen MR) is 92.2 cm³/mol. The summed E-state index contributed by atoms with van der Waals surface area (Å²) < 4.78 is 5.68. The summed E-state index contributed by atoms with van der Waals surface area (Å²) >= 11 is 1.93. The third-order valence-corrected chi connectivity index (χ3v) is 5.37. The molecule has 2 aromatic rings. The monoisotopic (exact) mass is 319 g/mol. The van der Waals surface area contributed by atoms with Gasteiger partial charge in [-0.2, -0.15) is 11.8 Å². The molecule has 0 bridgehead atoms.